The van der Waals surface area contributed by atoms with E-state index in [4.69, 9.17) is 9.72 Å². The Morgan fingerprint density at radius 2 is 2.10 bits per heavy atom. The predicted octanol–water partition coefficient (Wildman–Crippen LogP) is 2.83. The number of hydrogen-bond acceptors (Lipinski definition) is 5. The van der Waals surface area contributed by atoms with Gasteiger partial charge in [-0.3, -0.25) is 4.79 Å². The highest BCUT2D eigenvalue weighted by Gasteiger charge is 2.42. The molecule has 0 spiro atoms. The number of benzene rings is 1. The number of pyridine rings is 1. The third-order valence-electron chi connectivity index (χ3n) is 6.42. The highest BCUT2D eigenvalue weighted by molar-refractivity contribution is 6.00. The van der Waals surface area contributed by atoms with Crippen molar-refractivity contribution in [3.05, 3.63) is 53.2 Å². The Morgan fingerprint density at radius 1 is 1.21 bits per heavy atom. The Labute approximate surface area is 171 Å². The molecule has 3 atom stereocenters. The quantitative estimate of drug-likeness (QED) is 0.838. The summed E-state index contributed by atoms with van der Waals surface area (Å²) in [5.74, 6) is 0.960. The van der Waals surface area contributed by atoms with Crippen LogP contribution in [-0.4, -0.2) is 43.2 Å². The SMILES string of the molecule is Cc1ccccc1N1Cc2ccc(N[C@H]3CCNC3)nc2C(C2CCOC2)C1=O. The predicted molar refractivity (Wildman–Crippen MR) is 113 cm³/mol. The van der Waals surface area contributed by atoms with Crippen molar-refractivity contribution in [2.45, 2.75) is 38.3 Å². The van der Waals surface area contributed by atoms with Crippen molar-refractivity contribution in [3.63, 3.8) is 0 Å². The van der Waals surface area contributed by atoms with E-state index in [-0.39, 0.29) is 17.7 Å². The molecule has 3 aliphatic rings. The van der Waals surface area contributed by atoms with Crippen LogP contribution in [0.4, 0.5) is 11.5 Å². The van der Waals surface area contributed by atoms with Crippen LogP contribution in [-0.2, 0) is 16.1 Å². The number of anilines is 2. The van der Waals surface area contributed by atoms with Crippen molar-refractivity contribution >= 4 is 17.4 Å². The van der Waals surface area contributed by atoms with E-state index in [1.165, 1.54) is 0 Å². The van der Waals surface area contributed by atoms with Gasteiger partial charge in [-0.15, -0.1) is 0 Å². The summed E-state index contributed by atoms with van der Waals surface area (Å²) in [5, 5.41) is 6.92. The number of rotatable bonds is 4. The van der Waals surface area contributed by atoms with E-state index in [9.17, 15) is 4.79 Å². The summed E-state index contributed by atoms with van der Waals surface area (Å²) in [6.45, 7) is 5.98. The smallest absolute Gasteiger partial charge is 0.236 e. The van der Waals surface area contributed by atoms with Gasteiger partial charge in [0.1, 0.15) is 5.82 Å². The van der Waals surface area contributed by atoms with Crippen molar-refractivity contribution in [3.8, 4) is 0 Å². The molecule has 0 aliphatic carbocycles. The van der Waals surface area contributed by atoms with Crippen LogP contribution < -0.4 is 15.5 Å². The first-order valence-corrected chi connectivity index (χ1v) is 10.6. The zero-order valence-electron chi connectivity index (χ0n) is 16.9. The zero-order valence-corrected chi connectivity index (χ0v) is 16.9. The molecule has 0 saturated carbocycles. The van der Waals surface area contributed by atoms with E-state index in [1.54, 1.807) is 0 Å². The number of ether oxygens (including phenoxy) is 1. The number of nitrogens with one attached hydrogen (secondary N) is 2. The zero-order chi connectivity index (χ0) is 19.8. The lowest BCUT2D eigenvalue weighted by atomic mass is 9.82. The fourth-order valence-corrected chi connectivity index (χ4v) is 4.82. The number of para-hydroxylation sites is 1. The Kier molecular flexibility index (Phi) is 4.97. The first kappa shape index (κ1) is 18.6. The summed E-state index contributed by atoms with van der Waals surface area (Å²) in [5.41, 5.74) is 4.18. The number of aryl methyl sites for hydroxylation is 1. The average Bonchev–Trinajstić information content (AvgIpc) is 3.43. The molecular formula is C23H28N4O2. The molecule has 1 amide bonds. The highest BCUT2D eigenvalue weighted by Crippen LogP contribution is 2.40. The molecule has 2 fully saturated rings. The number of carbonyl (C=O) groups excluding carboxylic acids is 1. The highest BCUT2D eigenvalue weighted by atomic mass is 16.5. The number of carbonyl (C=O) groups is 1. The molecular weight excluding hydrogens is 364 g/mol. The summed E-state index contributed by atoms with van der Waals surface area (Å²) in [7, 11) is 0. The van der Waals surface area contributed by atoms with Crippen LogP contribution in [0.1, 0.15) is 35.6 Å². The Morgan fingerprint density at radius 3 is 2.86 bits per heavy atom. The van der Waals surface area contributed by atoms with E-state index < -0.39 is 0 Å². The Bertz CT molecular complexity index is 904. The van der Waals surface area contributed by atoms with Crippen LogP contribution >= 0.6 is 0 Å². The number of amides is 1. The van der Waals surface area contributed by atoms with Gasteiger partial charge in [0.15, 0.2) is 0 Å². The van der Waals surface area contributed by atoms with E-state index in [2.05, 4.69) is 35.8 Å². The third kappa shape index (κ3) is 3.51. The average molecular weight is 393 g/mol. The molecule has 6 nitrogen and oxygen atoms in total. The van der Waals surface area contributed by atoms with Crippen molar-refractivity contribution in [2.24, 2.45) is 5.92 Å². The van der Waals surface area contributed by atoms with Gasteiger partial charge in [-0.05, 0) is 49.6 Å². The number of fused-ring (bicyclic) bond motifs is 1. The molecule has 152 valence electrons. The molecule has 4 heterocycles. The Balaban J connectivity index is 1.52. The second-order valence-electron chi connectivity index (χ2n) is 8.39. The molecule has 0 bridgehead atoms. The number of hydrogen-bond donors (Lipinski definition) is 2. The van der Waals surface area contributed by atoms with Gasteiger partial charge in [-0.25, -0.2) is 4.98 Å². The standard InChI is InChI=1S/C23H28N4O2/c1-15-4-2-3-5-19(15)27-13-16-6-7-20(25-18-8-10-24-12-18)26-22(16)21(23(27)28)17-9-11-29-14-17/h2-7,17-18,21,24H,8-14H2,1H3,(H,25,26)/t17?,18-,21?/m0/s1. The summed E-state index contributed by atoms with van der Waals surface area (Å²) >= 11 is 0. The van der Waals surface area contributed by atoms with Crippen LogP contribution in [0.25, 0.3) is 0 Å². The van der Waals surface area contributed by atoms with E-state index >= 15 is 0 Å². The van der Waals surface area contributed by atoms with Crippen LogP contribution in [0, 0.1) is 12.8 Å². The van der Waals surface area contributed by atoms with Crippen LogP contribution in [0.2, 0.25) is 0 Å². The van der Waals surface area contributed by atoms with Crippen molar-refractivity contribution in [2.75, 3.05) is 36.5 Å². The molecule has 29 heavy (non-hydrogen) atoms. The minimum Gasteiger partial charge on any atom is -0.381 e. The third-order valence-corrected chi connectivity index (χ3v) is 6.42. The first-order valence-electron chi connectivity index (χ1n) is 10.6. The summed E-state index contributed by atoms with van der Waals surface area (Å²) < 4.78 is 5.65. The lowest BCUT2D eigenvalue weighted by molar-refractivity contribution is -0.122. The second kappa shape index (κ2) is 7.76. The van der Waals surface area contributed by atoms with Crippen molar-refractivity contribution in [1.29, 1.82) is 0 Å². The van der Waals surface area contributed by atoms with Crippen molar-refractivity contribution in [1.82, 2.24) is 10.3 Å². The summed E-state index contributed by atoms with van der Waals surface area (Å²) in [4.78, 5) is 20.6. The lowest BCUT2D eigenvalue weighted by Gasteiger charge is -2.36. The lowest BCUT2D eigenvalue weighted by Crippen LogP contribution is -2.43. The fraction of sp³-hybridized carbons (Fsp3) is 0.478. The summed E-state index contributed by atoms with van der Waals surface area (Å²) in [6.07, 6.45) is 2.00. The topological polar surface area (TPSA) is 66.5 Å². The maximum absolute atomic E-state index is 13.7. The van der Waals surface area contributed by atoms with Gasteiger partial charge in [0.05, 0.1) is 24.8 Å². The first-order chi connectivity index (χ1) is 14.2. The summed E-state index contributed by atoms with van der Waals surface area (Å²) in [6, 6.07) is 12.7. The molecule has 6 heteroatoms. The van der Waals surface area contributed by atoms with Gasteiger partial charge in [0.25, 0.3) is 0 Å². The molecule has 1 aromatic carbocycles. The fourth-order valence-electron chi connectivity index (χ4n) is 4.82. The Hall–Kier alpha value is -2.44. The number of aromatic nitrogens is 1. The van der Waals surface area contributed by atoms with Crippen LogP contribution in [0.15, 0.2) is 36.4 Å². The maximum atomic E-state index is 13.7. The van der Waals surface area contributed by atoms with Crippen LogP contribution in [0.3, 0.4) is 0 Å². The van der Waals surface area contributed by atoms with E-state index in [1.807, 2.05) is 23.1 Å². The van der Waals surface area contributed by atoms with E-state index in [0.29, 0.717) is 19.2 Å². The molecule has 2 N–H and O–H groups in total. The monoisotopic (exact) mass is 392 g/mol. The molecule has 0 radical (unpaired) electrons. The molecule has 3 aliphatic heterocycles. The van der Waals surface area contributed by atoms with E-state index in [0.717, 1.165) is 60.9 Å². The molecule has 2 saturated heterocycles. The molecule has 1 aromatic heterocycles. The molecule has 5 rings (SSSR count). The molecule has 2 unspecified atom stereocenters. The number of nitrogens with zero attached hydrogens (tertiary/aromatic N) is 2. The normalized spacial score (nSPS) is 26.6. The van der Waals surface area contributed by atoms with Crippen molar-refractivity contribution < 1.29 is 9.53 Å². The van der Waals surface area contributed by atoms with Gasteiger partial charge in [0.2, 0.25) is 5.91 Å². The van der Waals surface area contributed by atoms with Gasteiger partial charge in [-0.1, -0.05) is 24.3 Å². The second-order valence-corrected chi connectivity index (χ2v) is 8.39. The van der Waals surface area contributed by atoms with Gasteiger partial charge >= 0.3 is 0 Å². The minimum absolute atomic E-state index is 0.148. The van der Waals surface area contributed by atoms with Gasteiger partial charge in [0, 0.05) is 30.8 Å². The largest absolute Gasteiger partial charge is 0.381 e. The van der Waals surface area contributed by atoms with Gasteiger partial charge in [-0.2, -0.15) is 0 Å². The van der Waals surface area contributed by atoms with Gasteiger partial charge < -0.3 is 20.3 Å². The molecule has 2 aromatic rings. The maximum Gasteiger partial charge on any atom is 0.236 e. The minimum atomic E-state index is -0.246. The van der Waals surface area contributed by atoms with Crippen LogP contribution in [0.5, 0.6) is 0 Å².